The average Bonchev–Trinajstić information content (AvgIpc) is 2.37. The molecule has 0 saturated heterocycles. The van der Waals surface area contributed by atoms with Crippen molar-refractivity contribution in [1.82, 2.24) is 9.55 Å². The highest BCUT2D eigenvalue weighted by Gasteiger charge is 2.26. The fourth-order valence-corrected chi connectivity index (χ4v) is 1.91. The number of benzene rings is 1. The van der Waals surface area contributed by atoms with Crippen LogP contribution < -0.4 is 11.2 Å². The molecule has 0 amide bonds. The average molecular weight is 278 g/mol. The molecule has 2 rings (SSSR count). The van der Waals surface area contributed by atoms with Crippen LogP contribution in [0.4, 0.5) is 0 Å². The van der Waals surface area contributed by atoms with Crippen molar-refractivity contribution < 1.29 is 19.8 Å². The molecule has 0 aliphatic rings. The number of hydrogen-bond acceptors (Lipinski definition) is 4. The van der Waals surface area contributed by atoms with Gasteiger partial charge in [-0.2, -0.15) is 0 Å². The summed E-state index contributed by atoms with van der Waals surface area (Å²) in [7, 11) is 0. The van der Waals surface area contributed by atoms with Gasteiger partial charge in [0.05, 0.1) is 17.3 Å². The minimum Gasteiger partial charge on any atom is -0.481 e. The van der Waals surface area contributed by atoms with Crippen LogP contribution in [-0.2, 0) is 9.59 Å². The van der Waals surface area contributed by atoms with Crippen LogP contribution in [0.25, 0.3) is 10.9 Å². The molecule has 20 heavy (non-hydrogen) atoms. The van der Waals surface area contributed by atoms with E-state index in [1.54, 1.807) is 12.1 Å². The summed E-state index contributed by atoms with van der Waals surface area (Å²) in [5.74, 6) is -2.98. The van der Waals surface area contributed by atoms with Gasteiger partial charge in [0.1, 0.15) is 6.04 Å². The van der Waals surface area contributed by atoms with Crippen LogP contribution in [0.5, 0.6) is 0 Å². The molecular formula is C12H10N2O6. The molecule has 1 atom stereocenters. The Hall–Kier alpha value is -2.90. The summed E-state index contributed by atoms with van der Waals surface area (Å²) in [6.07, 6.45) is -0.864. The Morgan fingerprint density at radius 1 is 1.20 bits per heavy atom. The summed E-state index contributed by atoms with van der Waals surface area (Å²) >= 11 is 0. The van der Waals surface area contributed by atoms with Crippen molar-refractivity contribution in [2.24, 2.45) is 0 Å². The number of aliphatic carboxylic acids is 2. The molecule has 0 saturated carbocycles. The normalized spacial score (nSPS) is 12.2. The number of nitrogens with one attached hydrogen (secondary N) is 1. The molecule has 1 aromatic carbocycles. The molecule has 2 aromatic rings. The van der Waals surface area contributed by atoms with Gasteiger partial charge in [0.15, 0.2) is 0 Å². The van der Waals surface area contributed by atoms with Crippen molar-refractivity contribution in [3.63, 3.8) is 0 Å². The third-order valence-electron chi connectivity index (χ3n) is 2.80. The first-order chi connectivity index (χ1) is 9.41. The van der Waals surface area contributed by atoms with E-state index < -0.39 is 35.7 Å². The highest BCUT2D eigenvalue weighted by atomic mass is 16.4. The second kappa shape index (κ2) is 5.00. The van der Waals surface area contributed by atoms with Gasteiger partial charge < -0.3 is 15.2 Å². The molecule has 0 aliphatic carbocycles. The zero-order valence-electron chi connectivity index (χ0n) is 10.1. The molecule has 0 aliphatic heterocycles. The quantitative estimate of drug-likeness (QED) is 0.709. The highest BCUT2D eigenvalue weighted by Crippen LogP contribution is 2.10. The Morgan fingerprint density at radius 2 is 1.85 bits per heavy atom. The number of carboxylic acid groups (broad SMARTS) is 2. The number of para-hydroxylation sites is 1. The topological polar surface area (TPSA) is 129 Å². The Kier molecular flexibility index (Phi) is 3.38. The third kappa shape index (κ3) is 2.30. The summed E-state index contributed by atoms with van der Waals surface area (Å²) in [4.78, 5) is 48.1. The molecule has 8 heteroatoms. The number of rotatable bonds is 4. The lowest BCUT2D eigenvalue weighted by Crippen LogP contribution is -2.41. The monoisotopic (exact) mass is 278 g/mol. The molecule has 0 spiro atoms. The Balaban J connectivity index is 2.75. The lowest BCUT2D eigenvalue weighted by atomic mass is 10.2. The maximum absolute atomic E-state index is 12.2. The van der Waals surface area contributed by atoms with E-state index in [0.717, 1.165) is 0 Å². The van der Waals surface area contributed by atoms with Crippen LogP contribution in [0.15, 0.2) is 33.9 Å². The van der Waals surface area contributed by atoms with Crippen molar-refractivity contribution in [3.8, 4) is 0 Å². The fourth-order valence-electron chi connectivity index (χ4n) is 1.91. The van der Waals surface area contributed by atoms with Gasteiger partial charge in [0.2, 0.25) is 0 Å². The minimum atomic E-state index is -1.76. The summed E-state index contributed by atoms with van der Waals surface area (Å²) in [5.41, 5.74) is -1.53. The molecule has 0 bridgehead atoms. The molecule has 8 nitrogen and oxygen atoms in total. The largest absolute Gasteiger partial charge is 0.481 e. The predicted molar refractivity (Wildman–Crippen MR) is 67.8 cm³/mol. The van der Waals surface area contributed by atoms with Gasteiger partial charge in [-0.1, -0.05) is 12.1 Å². The molecule has 104 valence electrons. The first-order valence-electron chi connectivity index (χ1n) is 5.60. The van der Waals surface area contributed by atoms with E-state index in [0.29, 0.717) is 4.57 Å². The molecule has 0 radical (unpaired) electrons. The Bertz CT molecular complexity index is 803. The summed E-state index contributed by atoms with van der Waals surface area (Å²) in [6, 6.07) is 4.32. The van der Waals surface area contributed by atoms with E-state index in [2.05, 4.69) is 4.98 Å². The van der Waals surface area contributed by atoms with Gasteiger partial charge in [-0.05, 0) is 12.1 Å². The molecule has 1 heterocycles. The van der Waals surface area contributed by atoms with Gasteiger partial charge in [0.25, 0.3) is 5.56 Å². The minimum absolute atomic E-state index is 0.115. The zero-order chi connectivity index (χ0) is 14.9. The SMILES string of the molecule is O=C(O)CC(C(=O)O)n1c(=O)[nH]c2ccccc2c1=O. The second-order valence-electron chi connectivity index (χ2n) is 4.10. The molecule has 0 fully saturated rings. The molecule has 1 unspecified atom stereocenters. The maximum atomic E-state index is 12.2. The van der Waals surface area contributed by atoms with Crippen molar-refractivity contribution in [1.29, 1.82) is 0 Å². The first kappa shape index (κ1) is 13.5. The van der Waals surface area contributed by atoms with E-state index in [1.165, 1.54) is 12.1 Å². The highest BCUT2D eigenvalue weighted by molar-refractivity contribution is 5.81. The van der Waals surface area contributed by atoms with Crippen molar-refractivity contribution in [2.75, 3.05) is 0 Å². The number of aromatic nitrogens is 2. The molecule has 1 aromatic heterocycles. The summed E-state index contributed by atoms with van der Waals surface area (Å²) in [6.45, 7) is 0. The Labute approximate surface area is 110 Å². The van der Waals surface area contributed by atoms with Crippen molar-refractivity contribution >= 4 is 22.8 Å². The van der Waals surface area contributed by atoms with Gasteiger partial charge in [-0.15, -0.1) is 0 Å². The van der Waals surface area contributed by atoms with E-state index >= 15 is 0 Å². The number of carboxylic acids is 2. The first-order valence-corrected chi connectivity index (χ1v) is 5.60. The lowest BCUT2D eigenvalue weighted by Gasteiger charge is -2.13. The fraction of sp³-hybridized carbons (Fsp3) is 0.167. The van der Waals surface area contributed by atoms with E-state index in [-0.39, 0.29) is 10.9 Å². The van der Waals surface area contributed by atoms with Crippen molar-refractivity contribution in [2.45, 2.75) is 12.5 Å². The standard InChI is InChI=1S/C12H10N2O6/c15-9(16)5-8(11(18)19)14-10(17)6-3-1-2-4-7(6)13-12(14)20/h1-4,8H,5H2,(H,13,20)(H,15,16)(H,18,19). The number of aromatic amines is 1. The van der Waals surface area contributed by atoms with Crippen LogP contribution in [0, 0.1) is 0 Å². The van der Waals surface area contributed by atoms with Gasteiger partial charge in [-0.25, -0.2) is 14.2 Å². The predicted octanol–water partition coefficient (Wildman–Crippen LogP) is -0.210. The van der Waals surface area contributed by atoms with Crippen LogP contribution in [0.3, 0.4) is 0 Å². The van der Waals surface area contributed by atoms with Crippen LogP contribution >= 0.6 is 0 Å². The zero-order valence-corrected chi connectivity index (χ0v) is 10.1. The smallest absolute Gasteiger partial charge is 0.329 e. The van der Waals surface area contributed by atoms with Crippen LogP contribution in [0.2, 0.25) is 0 Å². The molecule has 3 N–H and O–H groups in total. The lowest BCUT2D eigenvalue weighted by molar-refractivity contribution is -0.147. The number of carbonyl (C=O) groups is 2. The van der Waals surface area contributed by atoms with E-state index in [1.807, 2.05) is 0 Å². The summed E-state index contributed by atoms with van der Waals surface area (Å²) < 4.78 is 0.415. The van der Waals surface area contributed by atoms with Crippen LogP contribution in [-0.4, -0.2) is 31.7 Å². The van der Waals surface area contributed by atoms with Gasteiger partial charge in [0, 0.05) is 0 Å². The van der Waals surface area contributed by atoms with Gasteiger partial charge >= 0.3 is 17.6 Å². The third-order valence-corrected chi connectivity index (χ3v) is 2.80. The number of nitrogens with zero attached hydrogens (tertiary/aromatic N) is 1. The van der Waals surface area contributed by atoms with E-state index in [9.17, 15) is 19.2 Å². The van der Waals surface area contributed by atoms with Crippen LogP contribution in [0.1, 0.15) is 12.5 Å². The number of hydrogen-bond donors (Lipinski definition) is 3. The summed E-state index contributed by atoms with van der Waals surface area (Å²) in [5, 5.41) is 17.8. The maximum Gasteiger partial charge on any atom is 0.329 e. The number of H-pyrrole nitrogens is 1. The molecular weight excluding hydrogens is 268 g/mol. The van der Waals surface area contributed by atoms with Gasteiger partial charge in [-0.3, -0.25) is 9.59 Å². The van der Waals surface area contributed by atoms with Crippen molar-refractivity contribution in [3.05, 3.63) is 45.1 Å². The number of fused-ring (bicyclic) bond motifs is 1. The Morgan fingerprint density at radius 3 is 2.45 bits per heavy atom. The second-order valence-corrected chi connectivity index (χ2v) is 4.10. The van der Waals surface area contributed by atoms with E-state index in [4.69, 9.17) is 10.2 Å².